The minimum absolute atomic E-state index is 0.513. The number of hydrogen-bond acceptors (Lipinski definition) is 3. The number of benzene rings is 2. The third-order valence-electron chi connectivity index (χ3n) is 3.01. The van der Waals surface area contributed by atoms with Gasteiger partial charge in [0.25, 0.3) is 0 Å². The van der Waals surface area contributed by atoms with Crippen LogP contribution in [0.3, 0.4) is 0 Å². The van der Waals surface area contributed by atoms with Gasteiger partial charge in [-0.1, -0.05) is 31.2 Å². The summed E-state index contributed by atoms with van der Waals surface area (Å²) in [5.41, 5.74) is 0.803. The molecule has 20 heavy (non-hydrogen) atoms. The molecule has 3 heteroatoms. The van der Waals surface area contributed by atoms with Crippen molar-refractivity contribution in [1.29, 1.82) is 0 Å². The molecule has 106 valence electrons. The highest BCUT2D eigenvalue weighted by atomic mass is 16.5. The standard InChI is InChI=1S/C17H20O3/c1-3-16(18)15-10-5-6-11-17(15)20-14-9-7-8-13(12-14)19-4-2/h5-12,16,18H,3-4H2,1-2H3. The van der Waals surface area contributed by atoms with Gasteiger partial charge in [-0.3, -0.25) is 0 Å². The smallest absolute Gasteiger partial charge is 0.133 e. The Hall–Kier alpha value is -2.00. The van der Waals surface area contributed by atoms with Gasteiger partial charge in [-0.15, -0.1) is 0 Å². The van der Waals surface area contributed by atoms with Crippen molar-refractivity contribution in [2.24, 2.45) is 0 Å². The van der Waals surface area contributed by atoms with Gasteiger partial charge in [0.05, 0.1) is 12.7 Å². The summed E-state index contributed by atoms with van der Waals surface area (Å²) in [4.78, 5) is 0. The minimum atomic E-state index is -0.513. The molecule has 2 aromatic rings. The first kappa shape index (κ1) is 14.4. The van der Waals surface area contributed by atoms with Crippen LogP contribution in [0.2, 0.25) is 0 Å². The van der Waals surface area contributed by atoms with E-state index in [9.17, 15) is 5.11 Å². The molecule has 0 radical (unpaired) electrons. The van der Waals surface area contributed by atoms with Gasteiger partial charge in [-0.2, -0.15) is 0 Å². The zero-order chi connectivity index (χ0) is 14.4. The van der Waals surface area contributed by atoms with E-state index < -0.39 is 6.10 Å². The molecule has 1 unspecified atom stereocenters. The molecule has 0 aliphatic rings. The van der Waals surface area contributed by atoms with Gasteiger partial charge < -0.3 is 14.6 Å². The van der Waals surface area contributed by atoms with Crippen LogP contribution in [-0.4, -0.2) is 11.7 Å². The van der Waals surface area contributed by atoms with E-state index in [4.69, 9.17) is 9.47 Å². The lowest BCUT2D eigenvalue weighted by Crippen LogP contribution is -1.98. The zero-order valence-corrected chi connectivity index (χ0v) is 11.9. The SMILES string of the molecule is CCOc1cccc(Oc2ccccc2C(O)CC)c1. The third kappa shape index (κ3) is 3.52. The first-order valence-electron chi connectivity index (χ1n) is 6.92. The number of aliphatic hydroxyl groups is 1. The Morgan fingerprint density at radius 3 is 2.50 bits per heavy atom. The summed E-state index contributed by atoms with van der Waals surface area (Å²) in [7, 11) is 0. The topological polar surface area (TPSA) is 38.7 Å². The largest absolute Gasteiger partial charge is 0.494 e. The molecular formula is C17H20O3. The predicted molar refractivity (Wildman–Crippen MR) is 79.4 cm³/mol. The average molecular weight is 272 g/mol. The lowest BCUT2D eigenvalue weighted by atomic mass is 10.1. The van der Waals surface area contributed by atoms with E-state index in [2.05, 4.69) is 0 Å². The van der Waals surface area contributed by atoms with Gasteiger partial charge in [-0.05, 0) is 31.5 Å². The van der Waals surface area contributed by atoms with E-state index in [1.54, 1.807) is 0 Å². The first-order valence-corrected chi connectivity index (χ1v) is 6.92. The number of rotatable bonds is 6. The van der Waals surface area contributed by atoms with Gasteiger partial charge in [0, 0.05) is 11.6 Å². The van der Waals surface area contributed by atoms with Crippen molar-refractivity contribution in [2.75, 3.05) is 6.61 Å². The Bertz CT molecular complexity index is 551. The number of hydrogen-bond donors (Lipinski definition) is 1. The molecule has 0 aliphatic heterocycles. The maximum atomic E-state index is 10.0. The maximum absolute atomic E-state index is 10.0. The quantitative estimate of drug-likeness (QED) is 0.851. The summed E-state index contributed by atoms with van der Waals surface area (Å²) in [5, 5.41) is 10.0. The Morgan fingerprint density at radius 2 is 1.75 bits per heavy atom. The van der Waals surface area contributed by atoms with Crippen molar-refractivity contribution in [2.45, 2.75) is 26.4 Å². The Kier molecular flexibility index (Phi) is 5.02. The van der Waals surface area contributed by atoms with Crippen LogP contribution in [0.25, 0.3) is 0 Å². The van der Waals surface area contributed by atoms with Crippen molar-refractivity contribution in [3.05, 3.63) is 54.1 Å². The van der Waals surface area contributed by atoms with Crippen molar-refractivity contribution >= 4 is 0 Å². The number of ether oxygens (including phenoxy) is 2. The lowest BCUT2D eigenvalue weighted by Gasteiger charge is -2.15. The highest BCUT2D eigenvalue weighted by molar-refractivity contribution is 5.41. The summed E-state index contributed by atoms with van der Waals surface area (Å²) in [6.07, 6.45) is 0.139. The van der Waals surface area contributed by atoms with Crippen LogP contribution in [0, 0.1) is 0 Å². The third-order valence-corrected chi connectivity index (χ3v) is 3.01. The summed E-state index contributed by atoms with van der Waals surface area (Å²) < 4.78 is 11.3. The molecule has 0 heterocycles. The van der Waals surface area contributed by atoms with Crippen LogP contribution in [-0.2, 0) is 0 Å². The van der Waals surface area contributed by atoms with Gasteiger partial charge in [0.1, 0.15) is 17.2 Å². The van der Waals surface area contributed by atoms with Crippen LogP contribution in [0.15, 0.2) is 48.5 Å². The Balaban J connectivity index is 2.23. The highest BCUT2D eigenvalue weighted by Gasteiger charge is 2.11. The number of aliphatic hydroxyl groups excluding tert-OH is 1. The molecule has 2 aromatic carbocycles. The molecule has 1 atom stereocenters. The molecule has 1 N–H and O–H groups in total. The van der Waals surface area contributed by atoms with Gasteiger partial charge >= 0.3 is 0 Å². The fourth-order valence-electron chi connectivity index (χ4n) is 1.99. The Labute approximate surface area is 119 Å². The molecule has 0 saturated carbocycles. The van der Waals surface area contributed by atoms with Crippen LogP contribution in [0.4, 0.5) is 0 Å². The predicted octanol–water partition coefficient (Wildman–Crippen LogP) is 4.32. The summed E-state index contributed by atoms with van der Waals surface area (Å²) in [6, 6.07) is 15.0. The molecule has 0 bridgehead atoms. The average Bonchev–Trinajstić information content (AvgIpc) is 2.48. The zero-order valence-electron chi connectivity index (χ0n) is 11.9. The molecule has 0 spiro atoms. The van der Waals surface area contributed by atoms with E-state index in [0.29, 0.717) is 24.5 Å². The van der Waals surface area contributed by atoms with Gasteiger partial charge in [0.2, 0.25) is 0 Å². The highest BCUT2D eigenvalue weighted by Crippen LogP contribution is 2.32. The molecule has 0 amide bonds. The fourth-order valence-corrected chi connectivity index (χ4v) is 1.99. The van der Waals surface area contributed by atoms with Crippen molar-refractivity contribution < 1.29 is 14.6 Å². The van der Waals surface area contributed by atoms with Gasteiger partial charge in [-0.25, -0.2) is 0 Å². The second kappa shape index (κ2) is 6.96. The monoisotopic (exact) mass is 272 g/mol. The fraction of sp³-hybridized carbons (Fsp3) is 0.294. The van der Waals surface area contributed by atoms with Crippen LogP contribution < -0.4 is 9.47 Å². The van der Waals surface area contributed by atoms with Gasteiger partial charge in [0.15, 0.2) is 0 Å². The summed E-state index contributed by atoms with van der Waals surface area (Å²) in [6.45, 7) is 4.51. The molecule has 0 saturated heterocycles. The first-order chi connectivity index (χ1) is 9.74. The molecule has 0 aliphatic carbocycles. The van der Waals surface area contributed by atoms with Crippen LogP contribution >= 0.6 is 0 Å². The van der Waals surface area contributed by atoms with Crippen molar-refractivity contribution in [1.82, 2.24) is 0 Å². The minimum Gasteiger partial charge on any atom is -0.494 e. The van der Waals surface area contributed by atoms with E-state index in [1.807, 2.05) is 62.4 Å². The molecule has 2 rings (SSSR count). The second-order valence-electron chi connectivity index (χ2n) is 4.47. The van der Waals surface area contributed by atoms with E-state index in [1.165, 1.54) is 0 Å². The van der Waals surface area contributed by atoms with E-state index in [-0.39, 0.29) is 0 Å². The van der Waals surface area contributed by atoms with Crippen molar-refractivity contribution in [3.8, 4) is 17.2 Å². The number of para-hydroxylation sites is 1. The van der Waals surface area contributed by atoms with E-state index >= 15 is 0 Å². The molecule has 3 nitrogen and oxygen atoms in total. The molecular weight excluding hydrogens is 252 g/mol. The van der Waals surface area contributed by atoms with E-state index in [0.717, 1.165) is 11.3 Å². The van der Waals surface area contributed by atoms with Crippen LogP contribution in [0.5, 0.6) is 17.2 Å². The Morgan fingerprint density at radius 1 is 1.00 bits per heavy atom. The normalized spacial score (nSPS) is 11.9. The van der Waals surface area contributed by atoms with Crippen molar-refractivity contribution in [3.63, 3.8) is 0 Å². The maximum Gasteiger partial charge on any atom is 0.133 e. The van der Waals surface area contributed by atoms with Crippen LogP contribution in [0.1, 0.15) is 31.9 Å². The summed E-state index contributed by atoms with van der Waals surface area (Å²) >= 11 is 0. The second-order valence-corrected chi connectivity index (χ2v) is 4.47. The molecule has 0 fully saturated rings. The molecule has 0 aromatic heterocycles. The lowest BCUT2D eigenvalue weighted by molar-refractivity contribution is 0.170. The summed E-state index contributed by atoms with van der Waals surface area (Å²) in [5.74, 6) is 2.15.